The molecular formula is C19H18N2O2. The van der Waals surface area contributed by atoms with Gasteiger partial charge in [-0.05, 0) is 18.7 Å². The molecule has 4 heteroatoms. The van der Waals surface area contributed by atoms with E-state index in [4.69, 9.17) is 11.3 Å². The Hall–Kier alpha value is -2.64. The number of esters is 1. The lowest BCUT2D eigenvalue weighted by atomic mass is 9.84. The average molecular weight is 306 g/mol. The summed E-state index contributed by atoms with van der Waals surface area (Å²) in [5.41, 5.74) is 1.45. The van der Waals surface area contributed by atoms with Gasteiger partial charge in [0, 0.05) is 12.8 Å². The number of hydrogen-bond donors (Lipinski definition) is 1. The molecular weight excluding hydrogens is 288 g/mol. The minimum absolute atomic E-state index is 0.340. The third kappa shape index (κ3) is 3.25. The maximum absolute atomic E-state index is 12.6. The smallest absolute Gasteiger partial charge is 0.338 e. The summed E-state index contributed by atoms with van der Waals surface area (Å²) in [7, 11) is 0. The van der Waals surface area contributed by atoms with Crippen LogP contribution in [-0.4, -0.2) is 19.1 Å². The Morgan fingerprint density at radius 3 is 2.30 bits per heavy atom. The zero-order valence-corrected chi connectivity index (χ0v) is 12.8. The Kier molecular flexibility index (Phi) is 4.40. The largest absolute Gasteiger partial charge is 0.450 e. The molecule has 2 aromatic rings. The summed E-state index contributed by atoms with van der Waals surface area (Å²) >= 11 is 0. The summed E-state index contributed by atoms with van der Waals surface area (Å²) < 4.78 is 5.97. The number of benzene rings is 2. The SMILES string of the molecule is [C-]#[N+]c1ccc(C(=O)OC2(c3ccccc3)CCNCC2)cc1. The lowest BCUT2D eigenvalue weighted by Crippen LogP contribution is -2.43. The van der Waals surface area contributed by atoms with E-state index in [2.05, 4.69) is 10.2 Å². The second-order valence-electron chi connectivity index (χ2n) is 5.66. The lowest BCUT2D eigenvalue weighted by molar-refractivity contribution is -0.0378. The zero-order valence-electron chi connectivity index (χ0n) is 12.8. The first-order valence-corrected chi connectivity index (χ1v) is 7.71. The van der Waals surface area contributed by atoms with Gasteiger partial charge in [0.15, 0.2) is 5.69 Å². The maximum Gasteiger partial charge on any atom is 0.338 e. The molecule has 0 amide bonds. The van der Waals surface area contributed by atoms with Gasteiger partial charge in [-0.25, -0.2) is 9.64 Å². The topological polar surface area (TPSA) is 42.7 Å². The summed E-state index contributed by atoms with van der Waals surface area (Å²) in [6.45, 7) is 8.61. The summed E-state index contributed by atoms with van der Waals surface area (Å²) in [5.74, 6) is -0.340. The first kappa shape index (κ1) is 15.3. The van der Waals surface area contributed by atoms with Crippen molar-refractivity contribution in [2.75, 3.05) is 13.1 Å². The molecule has 1 fully saturated rings. The van der Waals surface area contributed by atoms with Crippen LogP contribution in [0.4, 0.5) is 5.69 Å². The van der Waals surface area contributed by atoms with E-state index in [9.17, 15) is 4.79 Å². The number of nitrogens with one attached hydrogen (secondary N) is 1. The molecule has 0 aromatic heterocycles. The van der Waals surface area contributed by atoms with Crippen LogP contribution in [0.5, 0.6) is 0 Å². The normalized spacial score (nSPS) is 16.3. The van der Waals surface area contributed by atoms with Crippen LogP contribution in [0.1, 0.15) is 28.8 Å². The second kappa shape index (κ2) is 6.64. The standard InChI is InChI=1S/C19H18N2O2/c1-20-17-9-7-15(8-10-17)18(22)23-19(11-13-21-14-12-19)16-5-3-2-4-6-16/h2-10,21H,11-14H2. The minimum Gasteiger partial charge on any atom is -0.450 e. The molecule has 0 saturated carbocycles. The van der Waals surface area contributed by atoms with Crippen LogP contribution in [0, 0.1) is 6.57 Å². The number of carbonyl (C=O) groups is 1. The minimum atomic E-state index is -0.581. The molecule has 0 aliphatic carbocycles. The summed E-state index contributed by atoms with van der Waals surface area (Å²) in [6, 6.07) is 16.5. The number of piperidine rings is 1. The van der Waals surface area contributed by atoms with Gasteiger partial charge < -0.3 is 10.1 Å². The number of ether oxygens (including phenoxy) is 1. The quantitative estimate of drug-likeness (QED) is 0.695. The molecule has 1 aliphatic heterocycles. The zero-order chi connectivity index (χ0) is 16.1. The Morgan fingerprint density at radius 1 is 1.04 bits per heavy atom. The molecule has 2 aromatic carbocycles. The Morgan fingerprint density at radius 2 is 1.70 bits per heavy atom. The third-order valence-electron chi connectivity index (χ3n) is 4.23. The van der Waals surface area contributed by atoms with Gasteiger partial charge in [0.05, 0.1) is 12.1 Å². The summed E-state index contributed by atoms with van der Waals surface area (Å²) in [4.78, 5) is 15.9. The number of carbonyl (C=O) groups excluding carboxylic acids is 1. The monoisotopic (exact) mass is 306 g/mol. The van der Waals surface area contributed by atoms with Crippen LogP contribution in [-0.2, 0) is 10.3 Å². The Labute approximate surface area is 135 Å². The fourth-order valence-corrected chi connectivity index (χ4v) is 2.93. The van der Waals surface area contributed by atoms with Crippen LogP contribution in [0.3, 0.4) is 0 Å². The lowest BCUT2D eigenvalue weighted by Gasteiger charge is -2.37. The molecule has 0 unspecified atom stereocenters. The van der Waals surface area contributed by atoms with Crippen molar-refractivity contribution in [3.8, 4) is 0 Å². The van der Waals surface area contributed by atoms with Gasteiger partial charge in [0.2, 0.25) is 0 Å². The van der Waals surface area contributed by atoms with E-state index in [0.29, 0.717) is 11.3 Å². The number of nitrogens with zero attached hydrogens (tertiary/aromatic N) is 1. The van der Waals surface area contributed by atoms with Crippen molar-refractivity contribution >= 4 is 11.7 Å². The molecule has 23 heavy (non-hydrogen) atoms. The van der Waals surface area contributed by atoms with E-state index in [1.54, 1.807) is 24.3 Å². The fourth-order valence-electron chi connectivity index (χ4n) is 2.93. The van der Waals surface area contributed by atoms with E-state index in [0.717, 1.165) is 31.5 Å². The Balaban J connectivity index is 1.86. The molecule has 0 spiro atoms. The second-order valence-corrected chi connectivity index (χ2v) is 5.66. The first-order chi connectivity index (χ1) is 11.2. The number of rotatable bonds is 3. The average Bonchev–Trinajstić information content (AvgIpc) is 2.63. The molecule has 1 saturated heterocycles. The van der Waals surface area contributed by atoms with Crippen molar-refractivity contribution in [3.05, 3.63) is 77.1 Å². The van der Waals surface area contributed by atoms with Crippen molar-refractivity contribution in [2.24, 2.45) is 0 Å². The van der Waals surface area contributed by atoms with E-state index in [1.807, 2.05) is 30.3 Å². The summed E-state index contributed by atoms with van der Waals surface area (Å²) in [6.07, 6.45) is 1.51. The molecule has 3 rings (SSSR count). The van der Waals surface area contributed by atoms with Crippen LogP contribution >= 0.6 is 0 Å². The number of hydrogen-bond acceptors (Lipinski definition) is 3. The predicted molar refractivity (Wildman–Crippen MR) is 88.3 cm³/mol. The van der Waals surface area contributed by atoms with Crippen molar-refractivity contribution in [1.29, 1.82) is 0 Å². The highest BCUT2D eigenvalue weighted by Gasteiger charge is 2.37. The molecule has 0 atom stereocenters. The van der Waals surface area contributed by atoms with Crippen LogP contribution in [0.25, 0.3) is 4.85 Å². The van der Waals surface area contributed by atoms with E-state index < -0.39 is 5.60 Å². The van der Waals surface area contributed by atoms with Gasteiger partial charge in [-0.1, -0.05) is 54.6 Å². The first-order valence-electron chi connectivity index (χ1n) is 7.71. The van der Waals surface area contributed by atoms with Gasteiger partial charge >= 0.3 is 5.97 Å². The molecule has 4 nitrogen and oxygen atoms in total. The van der Waals surface area contributed by atoms with Gasteiger partial charge in [-0.2, -0.15) is 0 Å². The van der Waals surface area contributed by atoms with Gasteiger partial charge in [0.1, 0.15) is 5.60 Å². The molecule has 1 aliphatic rings. The highest BCUT2D eigenvalue weighted by Crippen LogP contribution is 2.35. The van der Waals surface area contributed by atoms with Gasteiger partial charge in [-0.3, -0.25) is 0 Å². The van der Waals surface area contributed by atoms with E-state index >= 15 is 0 Å². The van der Waals surface area contributed by atoms with Crippen molar-refractivity contribution < 1.29 is 9.53 Å². The highest BCUT2D eigenvalue weighted by molar-refractivity contribution is 5.90. The van der Waals surface area contributed by atoms with Crippen LogP contribution in [0.2, 0.25) is 0 Å². The van der Waals surface area contributed by atoms with Crippen molar-refractivity contribution in [2.45, 2.75) is 18.4 Å². The molecule has 1 N–H and O–H groups in total. The van der Waals surface area contributed by atoms with Gasteiger partial charge in [0.25, 0.3) is 0 Å². The highest BCUT2D eigenvalue weighted by atomic mass is 16.6. The van der Waals surface area contributed by atoms with Gasteiger partial charge in [-0.15, -0.1) is 0 Å². The van der Waals surface area contributed by atoms with E-state index in [-0.39, 0.29) is 5.97 Å². The molecule has 0 bridgehead atoms. The maximum atomic E-state index is 12.6. The van der Waals surface area contributed by atoms with Crippen LogP contribution < -0.4 is 5.32 Å². The van der Waals surface area contributed by atoms with Crippen molar-refractivity contribution in [1.82, 2.24) is 5.32 Å². The molecule has 0 radical (unpaired) electrons. The Bertz CT molecular complexity index is 711. The van der Waals surface area contributed by atoms with Crippen LogP contribution in [0.15, 0.2) is 54.6 Å². The molecule has 1 heterocycles. The molecule has 116 valence electrons. The third-order valence-corrected chi connectivity index (χ3v) is 4.23. The predicted octanol–water partition coefficient (Wildman–Crippen LogP) is 3.67. The fraction of sp³-hybridized carbons (Fsp3) is 0.263. The van der Waals surface area contributed by atoms with E-state index in [1.165, 1.54) is 0 Å². The summed E-state index contributed by atoms with van der Waals surface area (Å²) in [5, 5.41) is 3.31. The van der Waals surface area contributed by atoms with Crippen molar-refractivity contribution in [3.63, 3.8) is 0 Å².